The molecule has 3 rings (SSSR count). The van der Waals surface area contributed by atoms with Crippen LogP contribution in [0.25, 0.3) is 10.9 Å². The molecule has 2 N–H and O–H groups in total. The molecular formula is C17H18Cl2N2O3S. The van der Waals surface area contributed by atoms with E-state index in [0.29, 0.717) is 29.3 Å². The van der Waals surface area contributed by atoms with Crippen molar-refractivity contribution >= 4 is 44.9 Å². The highest BCUT2D eigenvalue weighted by atomic mass is 35.5. The van der Waals surface area contributed by atoms with E-state index in [1.54, 1.807) is 37.6 Å². The molecule has 0 unspecified atom stereocenters. The van der Waals surface area contributed by atoms with Crippen LogP contribution in [0, 0.1) is 0 Å². The third-order valence-electron chi connectivity index (χ3n) is 3.83. The summed E-state index contributed by atoms with van der Waals surface area (Å²) in [6.45, 7) is 0.424. The molecule has 2 aromatic carbocycles. The summed E-state index contributed by atoms with van der Waals surface area (Å²) >= 11 is 5.94. The molecule has 0 aliphatic heterocycles. The van der Waals surface area contributed by atoms with E-state index < -0.39 is 10.0 Å². The molecular weight excluding hydrogens is 383 g/mol. The predicted molar refractivity (Wildman–Crippen MR) is 103 cm³/mol. The fourth-order valence-corrected chi connectivity index (χ4v) is 4.36. The van der Waals surface area contributed by atoms with E-state index in [0.717, 1.165) is 10.9 Å². The second-order valence-corrected chi connectivity index (χ2v) is 7.59. The van der Waals surface area contributed by atoms with E-state index in [4.69, 9.17) is 22.1 Å². The summed E-state index contributed by atoms with van der Waals surface area (Å²) in [5, 5.41) is 1.18. The molecule has 0 saturated carbocycles. The molecule has 0 saturated heterocycles. The molecule has 0 aliphatic carbocycles. The van der Waals surface area contributed by atoms with Crippen LogP contribution in [0.3, 0.4) is 0 Å². The SMILES string of the molecule is COc1ccc2c(c1)c(CCN)cn2S(=O)(=O)c1cccc(Cl)c1.Cl. The Bertz CT molecular complexity index is 1000. The normalized spacial score (nSPS) is 11.3. The lowest BCUT2D eigenvalue weighted by molar-refractivity contribution is 0.415. The van der Waals surface area contributed by atoms with Crippen LogP contribution in [0.1, 0.15) is 5.56 Å². The molecule has 3 aromatic rings. The van der Waals surface area contributed by atoms with Gasteiger partial charge in [-0.1, -0.05) is 17.7 Å². The summed E-state index contributed by atoms with van der Waals surface area (Å²) in [5.74, 6) is 0.665. The topological polar surface area (TPSA) is 74.3 Å². The first kappa shape index (κ1) is 19.6. The van der Waals surface area contributed by atoms with E-state index in [2.05, 4.69) is 0 Å². The first-order valence-electron chi connectivity index (χ1n) is 7.36. The number of nitrogens with two attached hydrogens (primary N) is 1. The Morgan fingerprint density at radius 2 is 1.96 bits per heavy atom. The van der Waals surface area contributed by atoms with E-state index in [-0.39, 0.29) is 17.3 Å². The maximum atomic E-state index is 13.0. The second kappa shape index (κ2) is 7.66. The van der Waals surface area contributed by atoms with Gasteiger partial charge in [-0.15, -0.1) is 12.4 Å². The van der Waals surface area contributed by atoms with Gasteiger partial charge in [0.15, 0.2) is 0 Å². The summed E-state index contributed by atoms with van der Waals surface area (Å²) in [4.78, 5) is 0.141. The van der Waals surface area contributed by atoms with Crippen molar-refractivity contribution in [2.45, 2.75) is 11.3 Å². The van der Waals surface area contributed by atoms with E-state index in [9.17, 15) is 8.42 Å². The molecule has 5 nitrogen and oxygen atoms in total. The van der Waals surface area contributed by atoms with E-state index in [1.165, 1.54) is 16.1 Å². The Balaban J connectivity index is 0.00000225. The molecule has 0 aliphatic rings. The molecule has 0 radical (unpaired) electrons. The maximum absolute atomic E-state index is 13.0. The van der Waals surface area contributed by atoms with Gasteiger partial charge in [0, 0.05) is 16.6 Å². The number of nitrogens with zero attached hydrogens (tertiary/aromatic N) is 1. The number of hydrogen-bond donors (Lipinski definition) is 1. The van der Waals surface area contributed by atoms with Crippen molar-refractivity contribution in [3.8, 4) is 5.75 Å². The van der Waals surface area contributed by atoms with E-state index >= 15 is 0 Å². The summed E-state index contributed by atoms with van der Waals surface area (Å²) in [6, 6.07) is 11.5. The van der Waals surface area contributed by atoms with Gasteiger partial charge >= 0.3 is 0 Å². The Morgan fingerprint density at radius 1 is 1.20 bits per heavy atom. The molecule has 1 heterocycles. The summed E-state index contributed by atoms with van der Waals surface area (Å²) in [7, 11) is -2.18. The number of benzene rings is 2. The Kier molecular flexibility index (Phi) is 6.00. The molecule has 0 atom stereocenters. The highest BCUT2D eigenvalue weighted by molar-refractivity contribution is 7.90. The number of rotatable bonds is 5. The molecule has 8 heteroatoms. The third-order valence-corrected chi connectivity index (χ3v) is 5.73. The quantitative estimate of drug-likeness (QED) is 0.711. The maximum Gasteiger partial charge on any atom is 0.268 e. The van der Waals surface area contributed by atoms with Crippen LogP contribution in [0.5, 0.6) is 5.75 Å². The monoisotopic (exact) mass is 400 g/mol. The number of hydrogen-bond acceptors (Lipinski definition) is 4. The molecule has 1 aromatic heterocycles. The van der Waals surface area contributed by atoms with Gasteiger partial charge in [-0.05, 0) is 54.9 Å². The van der Waals surface area contributed by atoms with Crippen LogP contribution in [0.4, 0.5) is 0 Å². The summed E-state index contributed by atoms with van der Waals surface area (Å²) in [6.07, 6.45) is 2.19. The zero-order valence-electron chi connectivity index (χ0n) is 13.5. The zero-order valence-corrected chi connectivity index (χ0v) is 15.9. The lowest BCUT2D eigenvalue weighted by atomic mass is 10.1. The smallest absolute Gasteiger partial charge is 0.268 e. The molecule has 0 amide bonds. The van der Waals surface area contributed by atoms with Crippen molar-refractivity contribution in [1.82, 2.24) is 3.97 Å². The van der Waals surface area contributed by atoms with Gasteiger partial charge in [0.05, 0.1) is 17.5 Å². The molecule has 0 fully saturated rings. The van der Waals surface area contributed by atoms with Crippen molar-refractivity contribution < 1.29 is 13.2 Å². The van der Waals surface area contributed by atoms with Crippen LogP contribution in [-0.2, 0) is 16.4 Å². The highest BCUT2D eigenvalue weighted by Gasteiger charge is 2.21. The fraction of sp³-hybridized carbons (Fsp3) is 0.176. The molecule has 134 valence electrons. The lowest BCUT2D eigenvalue weighted by Gasteiger charge is -2.08. The highest BCUT2D eigenvalue weighted by Crippen LogP contribution is 2.30. The zero-order chi connectivity index (χ0) is 17.3. The average molecular weight is 401 g/mol. The van der Waals surface area contributed by atoms with Crippen LogP contribution in [0.15, 0.2) is 53.6 Å². The number of methoxy groups -OCH3 is 1. The first-order chi connectivity index (χ1) is 11.5. The van der Waals surface area contributed by atoms with Crippen molar-refractivity contribution in [2.75, 3.05) is 13.7 Å². The third kappa shape index (κ3) is 3.62. The van der Waals surface area contributed by atoms with Gasteiger partial charge in [-0.25, -0.2) is 12.4 Å². The van der Waals surface area contributed by atoms with Gasteiger partial charge in [-0.2, -0.15) is 0 Å². The lowest BCUT2D eigenvalue weighted by Crippen LogP contribution is -2.12. The van der Waals surface area contributed by atoms with E-state index in [1.807, 2.05) is 6.07 Å². The number of halogens is 2. The van der Waals surface area contributed by atoms with Gasteiger partial charge in [0.1, 0.15) is 5.75 Å². The standard InChI is InChI=1S/C17H17ClN2O3S.ClH/c1-23-14-5-6-17-16(10-14)12(7-8-19)11-20(17)24(21,22)15-4-2-3-13(18)9-15;/h2-6,9-11H,7-8,19H2,1H3;1H. The van der Waals surface area contributed by atoms with Gasteiger partial charge in [0.2, 0.25) is 0 Å². The average Bonchev–Trinajstić information content (AvgIpc) is 2.94. The predicted octanol–water partition coefficient (Wildman–Crippen LogP) is 3.46. The minimum absolute atomic E-state index is 0. The largest absolute Gasteiger partial charge is 0.497 e. The fourth-order valence-electron chi connectivity index (χ4n) is 2.67. The Morgan fingerprint density at radius 3 is 2.60 bits per heavy atom. The Hall–Kier alpha value is -1.73. The van der Waals surface area contributed by atoms with Crippen LogP contribution < -0.4 is 10.5 Å². The Labute approximate surface area is 157 Å². The second-order valence-electron chi connectivity index (χ2n) is 5.33. The van der Waals surface area contributed by atoms with Crippen molar-refractivity contribution in [3.63, 3.8) is 0 Å². The minimum Gasteiger partial charge on any atom is -0.497 e. The van der Waals surface area contributed by atoms with Gasteiger partial charge < -0.3 is 10.5 Å². The summed E-state index contributed by atoms with van der Waals surface area (Å²) < 4.78 is 32.5. The minimum atomic E-state index is -3.75. The van der Waals surface area contributed by atoms with Gasteiger partial charge in [0.25, 0.3) is 10.0 Å². The number of ether oxygens (including phenoxy) is 1. The van der Waals surface area contributed by atoms with Crippen LogP contribution in [-0.4, -0.2) is 26.0 Å². The first-order valence-corrected chi connectivity index (χ1v) is 9.18. The molecule has 25 heavy (non-hydrogen) atoms. The van der Waals surface area contributed by atoms with Crippen LogP contribution >= 0.6 is 24.0 Å². The van der Waals surface area contributed by atoms with Crippen molar-refractivity contribution in [2.24, 2.45) is 5.73 Å². The molecule has 0 bridgehead atoms. The van der Waals surface area contributed by atoms with Crippen molar-refractivity contribution in [3.05, 3.63) is 59.2 Å². The van der Waals surface area contributed by atoms with Crippen molar-refractivity contribution in [1.29, 1.82) is 0 Å². The molecule has 0 spiro atoms. The summed E-state index contributed by atoms with van der Waals surface area (Å²) in [5.41, 5.74) is 7.10. The van der Waals surface area contributed by atoms with Crippen LogP contribution in [0.2, 0.25) is 5.02 Å². The number of aromatic nitrogens is 1. The number of fused-ring (bicyclic) bond motifs is 1. The van der Waals surface area contributed by atoms with Gasteiger partial charge in [-0.3, -0.25) is 0 Å².